The number of likely N-dealkylation sites (tertiary alicyclic amines) is 1. The molecule has 2 aromatic heterocycles. The molecule has 7 nitrogen and oxygen atoms in total. The molecule has 1 amide bonds. The minimum Gasteiger partial charge on any atom is -0.346 e. The smallest absolute Gasteiger partial charge is 0.292 e. The average molecular weight is 319 g/mol. The van der Waals surface area contributed by atoms with Crippen molar-refractivity contribution in [2.45, 2.75) is 44.3 Å². The van der Waals surface area contributed by atoms with Crippen LogP contribution in [0.2, 0.25) is 0 Å². The van der Waals surface area contributed by atoms with E-state index in [1.165, 1.54) is 0 Å². The Morgan fingerprint density at radius 3 is 3.14 bits per heavy atom. The zero-order valence-corrected chi connectivity index (χ0v) is 12.9. The van der Waals surface area contributed by atoms with Crippen LogP contribution in [0.25, 0.3) is 0 Å². The minimum absolute atomic E-state index is 0.0803. The number of hydrogen-bond acceptors (Lipinski definition) is 7. The topological polar surface area (TPSA) is 84.2 Å². The van der Waals surface area contributed by atoms with Crippen LogP contribution in [-0.4, -0.2) is 38.5 Å². The number of nitrogens with one attached hydrogen (secondary N) is 1. The molecular weight excluding hydrogens is 302 g/mol. The summed E-state index contributed by atoms with van der Waals surface area (Å²) in [5.41, 5.74) is 2.90. The van der Waals surface area contributed by atoms with Crippen molar-refractivity contribution in [2.24, 2.45) is 0 Å². The highest BCUT2D eigenvalue weighted by molar-refractivity contribution is 7.07. The molecule has 4 rings (SSSR count). The van der Waals surface area contributed by atoms with E-state index >= 15 is 0 Å². The van der Waals surface area contributed by atoms with Gasteiger partial charge >= 0.3 is 0 Å². The van der Waals surface area contributed by atoms with Crippen molar-refractivity contribution in [3.8, 4) is 0 Å². The molecule has 0 aromatic carbocycles. The molecule has 1 aliphatic heterocycles. The summed E-state index contributed by atoms with van der Waals surface area (Å²) in [6.07, 6.45) is 4.14. The Balaban J connectivity index is 1.45. The van der Waals surface area contributed by atoms with E-state index in [1.807, 2.05) is 5.51 Å². The molecule has 8 heteroatoms. The van der Waals surface area contributed by atoms with E-state index in [0.29, 0.717) is 11.9 Å². The van der Waals surface area contributed by atoms with Gasteiger partial charge in [0.1, 0.15) is 0 Å². The Labute approximate surface area is 131 Å². The predicted molar refractivity (Wildman–Crippen MR) is 79.3 cm³/mol. The zero-order valence-electron chi connectivity index (χ0n) is 12.1. The number of thiazole rings is 1. The minimum atomic E-state index is -0.235. The second-order valence-electron chi connectivity index (χ2n) is 5.81. The van der Waals surface area contributed by atoms with Gasteiger partial charge in [0, 0.05) is 18.0 Å². The predicted octanol–water partition coefficient (Wildman–Crippen LogP) is 1.76. The van der Waals surface area contributed by atoms with Crippen LogP contribution in [0.5, 0.6) is 0 Å². The van der Waals surface area contributed by atoms with Gasteiger partial charge in [0.25, 0.3) is 11.7 Å². The third-order valence-electron chi connectivity index (χ3n) is 4.05. The van der Waals surface area contributed by atoms with E-state index in [4.69, 9.17) is 4.52 Å². The zero-order chi connectivity index (χ0) is 14.9. The number of nitrogens with zero attached hydrogens (tertiary/aromatic N) is 4. The summed E-state index contributed by atoms with van der Waals surface area (Å²) in [4.78, 5) is 22.9. The number of carbonyl (C=O) groups excluding carboxylic acids is 1. The maximum atomic E-state index is 11.9. The number of rotatable bonds is 5. The molecule has 0 spiro atoms. The van der Waals surface area contributed by atoms with Gasteiger partial charge in [0.15, 0.2) is 0 Å². The first-order valence-electron chi connectivity index (χ1n) is 7.55. The lowest BCUT2D eigenvalue weighted by Gasteiger charge is -2.20. The van der Waals surface area contributed by atoms with Crippen molar-refractivity contribution < 1.29 is 9.32 Å². The molecule has 1 aliphatic carbocycles. The van der Waals surface area contributed by atoms with Crippen LogP contribution in [0, 0.1) is 0 Å². The van der Waals surface area contributed by atoms with Crippen LogP contribution < -0.4 is 5.32 Å². The number of carbonyl (C=O) groups is 1. The highest BCUT2D eigenvalue weighted by Gasteiger charge is 2.32. The molecule has 2 fully saturated rings. The SMILES string of the molecule is O=C(NC1CC1)c1noc(C2CCCN2Cc2cscn2)n1. The lowest BCUT2D eigenvalue weighted by atomic mass is 10.2. The Kier molecular flexibility index (Phi) is 3.63. The molecule has 1 unspecified atom stereocenters. The van der Waals surface area contributed by atoms with Crippen molar-refractivity contribution >= 4 is 17.2 Å². The quantitative estimate of drug-likeness (QED) is 0.904. The third-order valence-corrected chi connectivity index (χ3v) is 4.69. The normalized spacial score (nSPS) is 22.1. The van der Waals surface area contributed by atoms with Crippen LogP contribution in [-0.2, 0) is 6.54 Å². The number of aromatic nitrogens is 3. The molecule has 2 aliphatic rings. The number of amides is 1. The first kappa shape index (κ1) is 13.8. The van der Waals surface area contributed by atoms with E-state index in [2.05, 4.69) is 30.7 Å². The van der Waals surface area contributed by atoms with Crippen LogP contribution >= 0.6 is 11.3 Å². The molecule has 1 atom stereocenters. The molecule has 1 saturated heterocycles. The molecule has 0 bridgehead atoms. The molecule has 22 heavy (non-hydrogen) atoms. The number of hydrogen-bond donors (Lipinski definition) is 1. The highest BCUT2D eigenvalue weighted by Crippen LogP contribution is 2.32. The Morgan fingerprint density at radius 2 is 2.36 bits per heavy atom. The van der Waals surface area contributed by atoms with E-state index in [9.17, 15) is 4.79 Å². The Morgan fingerprint density at radius 1 is 1.45 bits per heavy atom. The Bertz CT molecular complexity index is 652. The summed E-state index contributed by atoms with van der Waals surface area (Å²) < 4.78 is 5.34. The van der Waals surface area contributed by atoms with Gasteiger partial charge in [-0.25, -0.2) is 4.98 Å². The van der Waals surface area contributed by atoms with Gasteiger partial charge < -0.3 is 9.84 Å². The molecule has 1 saturated carbocycles. The first-order valence-corrected chi connectivity index (χ1v) is 8.49. The van der Waals surface area contributed by atoms with Gasteiger partial charge in [0.05, 0.1) is 17.2 Å². The van der Waals surface area contributed by atoms with Crippen LogP contribution in [0.3, 0.4) is 0 Å². The van der Waals surface area contributed by atoms with Crippen molar-refractivity contribution in [3.63, 3.8) is 0 Å². The molecule has 116 valence electrons. The van der Waals surface area contributed by atoms with Crippen LogP contribution in [0.15, 0.2) is 15.4 Å². The summed E-state index contributed by atoms with van der Waals surface area (Å²) >= 11 is 1.60. The maximum Gasteiger partial charge on any atom is 0.292 e. The van der Waals surface area contributed by atoms with Gasteiger partial charge in [-0.15, -0.1) is 11.3 Å². The van der Waals surface area contributed by atoms with Gasteiger partial charge in [-0.1, -0.05) is 5.16 Å². The third kappa shape index (κ3) is 2.89. The van der Waals surface area contributed by atoms with Crippen LogP contribution in [0.1, 0.15) is 53.9 Å². The molecular formula is C14H17N5O2S. The maximum absolute atomic E-state index is 11.9. The van der Waals surface area contributed by atoms with Crippen molar-refractivity contribution in [1.29, 1.82) is 0 Å². The fourth-order valence-corrected chi connectivity index (χ4v) is 3.31. The molecule has 3 heterocycles. The summed E-state index contributed by atoms with van der Waals surface area (Å²) in [5, 5.41) is 8.76. The summed E-state index contributed by atoms with van der Waals surface area (Å²) in [7, 11) is 0. The van der Waals surface area contributed by atoms with Gasteiger partial charge in [-0.2, -0.15) is 4.98 Å². The van der Waals surface area contributed by atoms with E-state index in [0.717, 1.165) is 44.5 Å². The van der Waals surface area contributed by atoms with Gasteiger partial charge in [-0.05, 0) is 32.2 Å². The van der Waals surface area contributed by atoms with Crippen molar-refractivity contribution in [1.82, 2.24) is 25.3 Å². The van der Waals surface area contributed by atoms with E-state index in [-0.39, 0.29) is 17.8 Å². The fraction of sp³-hybridized carbons (Fsp3) is 0.571. The first-order chi connectivity index (χ1) is 10.8. The van der Waals surface area contributed by atoms with Crippen LogP contribution in [0.4, 0.5) is 0 Å². The average Bonchev–Trinajstić information content (AvgIpc) is 2.98. The Hall–Kier alpha value is -1.80. The van der Waals surface area contributed by atoms with Crippen molar-refractivity contribution in [2.75, 3.05) is 6.54 Å². The standard InChI is InChI=1S/C14H17N5O2S/c20-13(16-9-3-4-9)12-17-14(21-18-12)11-2-1-5-19(11)6-10-7-22-8-15-10/h7-9,11H,1-6H2,(H,16,20). The lowest BCUT2D eigenvalue weighted by molar-refractivity contribution is 0.0937. The summed E-state index contributed by atoms with van der Waals surface area (Å²) in [5.74, 6) is 0.442. The second-order valence-corrected chi connectivity index (χ2v) is 6.53. The molecule has 1 N–H and O–H groups in total. The van der Waals surface area contributed by atoms with Crippen molar-refractivity contribution in [3.05, 3.63) is 28.3 Å². The van der Waals surface area contributed by atoms with E-state index in [1.54, 1.807) is 11.3 Å². The lowest BCUT2D eigenvalue weighted by Crippen LogP contribution is -2.27. The van der Waals surface area contributed by atoms with E-state index < -0.39 is 0 Å². The summed E-state index contributed by atoms with van der Waals surface area (Å²) in [6.45, 7) is 1.76. The fourth-order valence-electron chi connectivity index (χ4n) is 2.76. The summed E-state index contributed by atoms with van der Waals surface area (Å²) in [6, 6.07) is 0.374. The van der Waals surface area contributed by atoms with Gasteiger partial charge in [0.2, 0.25) is 5.89 Å². The molecule has 2 aromatic rings. The molecule has 0 radical (unpaired) electrons. The monoisotopic (exact) mass is 319 g/mol. The largest absolute Gasteiger partial charge is 0.346 e. The second kappa shape index (κ2) is 5.77. The van der Waals surface area contributed by atoms with Gasteiger partial charge in [-0.3, -0.25) is 9.69 Å². The highest BCUT2D eigenvalue weighted by atomic mass is 32.1.